The zero-order chi connectivity index (χ0) is 9.41. The number of hydrogen-bond acceptors (Lipinski definition) is 2. The molecule has 0 aliphatic carbocycles. The highest BCUT2D eigenvalue weighted by Gasteiger charge is 2.38. The molecule has 0 radical (unpaired) electrons. The van der Waals surface area contributed by atoms with Gasteiger partial charge in [-0.05, 0) is 12.8 Å². The van der Waals surface area contributed by atoms with Gasteiger partial charge in [-0.3, -0.25) is 0 Å². The molecule has 12 heavy (non-hydrogen) atoms. The molecule has 1 aliphatic rings. The summed E-state index contributed by atoms with van der Waals surface area (Å²) in [6, 6.07) is 0. The molecule has 70 valence electrons. The zero-order valence-corrected chi connectivity index (χ0v) is 9.20. The summed E-state index contributed by atoms with van der Waals surface area (Å²) in [5, 5.41) is 0. The van der Waals surface area contributed by atoms with Gasteiger partial charge in [0.15, 0.2) is 0 Å². The van der Waals surface area contributed by atoms with E-state index in [4.69, 9.17) is 0 Å². The number of carbonyl (C=O) groups is 1. The average Bonchev–Trinajstić information content (AvgIpc) is 1.80. The van der Waals surface area contributed by atoms with Crippen molar-refractivity contribution in [3.63, 3.8) is 0 Å². The first-order chi connectivity index (χ1) is 5.35. The van der Waals surface area contributed by atoms with Crippen LogP contribution in [0.5, 0.6) is 0 Å². The molecule has 0 N–H and O–H groups in total. The molecule has 1 fully saturated rings. The molecule has 0 spiro atoms. The van der Waals surface area contributed by atoms with Crippen molar-refractivity contribution in [3.05, 3.63) is 0 Å². The van der Waals surface area contributed by atoms with Crippen molar-refractivity contribution in [1.82, 2.24) is 0 Å². The summed E-state index contributed by atoms with van der Waals surface area (Å²) in [7, 11) is 0. The first kappa shape index (κ1) is 10.1. The van der Waals surface area contributed by atoms with E-state index >= 15 is 0 Å². The van der Waals surface area contributed by atoms with Gasteiger partial charge in [0.1, 0.15) is 6.29 Å². The summed E-state index contributed by atoms with van der Waals surface area (Å²) in [4.78, 5) is 10.7. The Balaban J connectivity index is 2.72. The van der Waals surface area contributed by atoms with Crippen LogP contribution in [0.1, 0.15) is 40.5 Å². The molecule has 2 heteroatoms. The molecule has 0 atom stereocenters. The lowest BCUT2D eigenvalue weighted by Gasteiger charge is -2.42. The van der Waals surface area contributed by atoms with Crippen molar-refractivity contribution in [1.29, 1.82) is 0 Å². The smallest absolute Gasteiger partial charge is 0.123 e. The SMILES string of the molecule is CC1(C)CC(C=O)CC(C)(C)S1. The topological polar surface area (TPSA) is 17.1 Å². The Bertz CT molecular complexity index is 168. The highest BCUT2D eigenvalue weighted by molar-refractivity contribution is 8.01. The van der Waals surface area contributed by atoms with Crippen LogP contribution < -0.4 is 0 Å². The van der Waals surface area contributed by atoms with Crippen molar-refractivity contribution in [2.24, 2.45) is 5.92 Å². The maximum Gasteiger partial charge on any atom is 0.123 e. The molecule has 1 aliphatic heterocycles. The number of carbonyl (C=O) groups excluding carboxylic acids is 1. The van der Waals surface area contributed by atoms with Crippen LogP contribution >= 0.6 is 11.8 Å². The van der Waals surface area contributed by atoms with Crippen molar-refractivity contribution >= 4 is 18.0 Å². The van der Waals surface area contributed by atoms with Crippen LogP contribution in [0.3, 0.4) is 0 Å². The summed E-state index contributed by atoms with van der Waals surface area (Å²) in [5.41, 5.74) is 0. The summed E-state index contributed by atoms with van der Waals surface area (Å²) >= 11 is 2.01. The van der Waals surface area contributed by atoms with Crippen molar-refractivity contribution in [3.8, 4) is 0 Å². The van der Waals surface area contributed by atoms with Crippen molar-refractivity contribution in [2.45, 2.75) is 50.0 Å². The van der Waals surface area contributed by atoms with E-state index in [0.29, 0.717) is 0 Å². The maximum absolute atomic E-state index is 10.7. The van der Waals surface area contributed by atoms with Crippen molar-refractivity contribution < 1.29 is 4.79 Å². The van der Waals surface area contributed by atoms with Crippen LogP contribution in [0.15, 0.2) is 0 Å². The molecule has 0 unspecified atom stereocenters. The molecule has 0 aromatic carbocycles. The quantitative estimate of drug-likeness (QED) is 0.586. The fourth-order valence-corrected chi connectivity index (χ4v) is 4.35. The molecular formula is C10H18OS. The lowest BCUT2D eigenvalue weighted by molar-refractivity contribution is -0.111. The first-order valence-corrected chi connectivity index (χ1v) is 5.32. The maximum atomic E-state index is 10.7. The van der Waals surface area contributed by atoms with Gasteiger partial charge in [0.2, 0.25) is 0 Å². The number of aldehydes is 1. The minimum Gasteiger partial charge on any atom is -0.303 e. The van der Waals surface area contributed by atoms with Gasteiger partial charge >= 0.3 is 0 Å². The lowest BCUT2D eigenvalue weighted by atomic mass is 9.88. The molecule has 0 bridgehead atoms. The fraction of sp³-hybridized carbons (Fsp3) is 0.900. The Morgan fingerprint density at radius 1 is 1.17 bits per heavy atom. The molecule has 1 rings (SSSR count). The number of thioether (sulfide) groups is 1. The Labute approximate surface area is 79.3 Å². The summed E-state index contributed by atoms with van der Waals surface area (Å²) < 4.78 is 0.542. The van der Waals surface area contributed by atoms with Crippen molar-refractivity contribution in [2.75, 3.05) is 0 Å². The number of rotatable bonds is 1. The van der Waals surface area contributed by atoms with E-state index in [1.807, 2.05) is 11.8 Å². The highest BCUT2D eigenvalue weighted by atomic mass is 32.2. The van der Waals surface area contributed by atoms with Gasteiger partial charge in [-0.25, -0.2) is 0 Å². The predicted molar refractivity (Wildman–Crippen MR) is 54.5 cm³/mol. The Kier molecular flexibility index (Phi) is 2.57. The van der Waals surface area contributed by atoms with Gasteiger partial charge < -0.3 is 4.79 Å². The Hall–Kier alpha value is 0.0200. The van der Waals surface area contributed by atoms with Crippen LogP contribution in [0.2, 0.25) is 0 Å². The van der Waals surface area contributed by atoms with Gasteiger partial charge in [0.25, 0.3) is 0 Å². The van der Waals surface area contributed by atoms with Gasteiger partial charge in [0.05, 0.1) is 0 Å². The highest BCUT2D eigenvalue weighted by Crippen LogP contribution is 2.48. The largest absolute Gasteiger partial charge is 0.303 e. The van der Waals surface area contributed by atoms with Gasteiger partial charge in [-0.2, -0.15) is 0 Å². The standard InChI is InChI=1S/C10H18OS/c1-9(2)5-8(7-11)6-10(3,4)12-9/h7-8H,5-6H2,1-4H3. The summed E-state index contributed by atoms with van der Waals surface area (Å²) in [6.07, 6.45) is 3.19. The molecule has 0 aromatic rings. The van der Waals surface area contributed by atoms with E-state index in [1.165, 1.54) is 0 Å². The third-order valence-corrected chi connectivity index (χ3v) is 3.69. The Morgan fingerprint density at radius 2 is 1.58 bits per heavy atom. The van der Waals surface area contributed by atoms with Gasteiger partial charge in [-0.15, -0.1) is 11.8 Å². The summed E-state index contributed by atoms with van der Waals surface area (Å²) in [5.74, 6) is 0.274. The minimum atomic E-state index is 0.271. The fourth-order valence-electron chi connectivity index (χ4n) is 2.26. The molecule has 0 aromatic heterocycles. The summed E-state index contributed by atoms with van der Waals surface area (Å²) in [6.45, 7) is 8.92. The minimum absolute atomic E-state index is 0.271. The van der Waals surface area contributed by atoms with Crippen LogP contribution in [0, 0.1) is 5.92 Å². The first-order valence-electron chi connectivity index (χ1n) is 4.50. The van der Waals surface area contributed by atoms with E-state index in [1.54, 1.807) is 0 Å². The van der Waals surface area contributed by atoms with Crippen LogP contribution in [-0.4, -0.2) is 15.8 Å². The second-order valence-corrected chi connectivity index (χ2v) is 7.34. The van der Waals surface area contributed by atoms with E-state index in [-0.39, 0.29) is 15.4 Å². The monoisotopic (exact) mass is 186 g/mol. The normalized spacial score (nSPS) is 28.3. The van der Waals surface area contributed by atoms with Gasteiger partial charge in [0, 0.05) is 15.4 Å². The molecular weight excluding hydrogens is 168 g/mol. The van der Waals surface area contributed by atoms with Gasteiger partial charge in [-0.1, -0.05) is 27.7 Å². The predicted octanol–water partition coefficient (Wildman–Crippen LogP) is 2.89. The average molecular weight is 186 g/mol. The third kappa shape index (κ3) is 2.51. The molecule has 0 amide bonds. The lowest BCUT2D eigenvalue weighted by Crippen LogP contribution is -2.37. The molecule has 0 saturated carbocycles. The third-order valence-electron chi connectivity index (χ3n) is 2.25. The van der Waals surface area contributed by atoms with Crippen LogP contribution in [0.25, 0.3) is 0 Å². The molecule has 1 nitrogen and oxygen atoms in total. The zero-order valence-electron chi connectivity index (χ0n) is 8.39. The second-order valence-electron chi connectivity index (χ2n) is 4.93. The molecule has 1 saturated heterocycles. The van der Waals surface area contributed by atoms with E-state index in [0.717, 1.165) is 19.1 Å². The van der Waals surface area contributed by atoms with E-state index in [2.05, 4.69) is 27.7 Å². The Morgan fingerprint density at radius 3 is 1.92 bits per heavy atom. The van der Waals surface area contributed by atoms with Crippen LogP contribution in [0.4, 0.5) is 0 Å². The van der Waals surface area contributed by atoms with Crippen LogP contribution in [-0.2, 0) is 4.79 Å². The number of hydrogen-bond donors (Lipinski definition) is 0. The second kappa shape index (κ2) is 3.06. The molecule has 1 heterocycles. The van der Waals surface area contributed by atoms with E-state index in [9.17, 15) is 4.79 Å². The van der Waals surface area contributed by atoms with E-state index < -0.39 is 0 Å².